The molecule has 1 unspecified atom stereocenters. The summed E-state index contributed by atoms with van der Waals surface area (Å²) in [6.07, 6.45) is 3.67. The highest BCUT2D eigenvalue weighted by Crippen LogP contribution is 2.27. The first-order chi connectivity index (χ1) is 6.29. The summed E-state index contributed by atoms with van der Waals surface area (Å²) < 4.78 is 6.68. The van der Waals surface area contributed by atoms with Crippen molar-refractivity contribution in [3.63, 3.8) is 0 Å². The van der Waals surface area contributed by atoms with E-state index in [1.165, 1.54) is 3.57 Å². The van der Waals surface area contributed by atoms with Gasteiger partial charge in [-0.25, -0.2) is 0 Å². The zero-order valence-electron chi connectivity index (χ0n) is 6.90. The predicted octanol–water partition coefficient (Wildman–Crippen LogP) is 2.06. The maximum Gasteiger partial charge on any atom is 0.140 e. The zero-order valence-corrected chi connectivity index (χ0v) is 9.06. The highest BCUT2D eigenvalue weighted by Gasteiger charge is 2.12. The molecule has 13 heavy (non-hydrogen) atoms. The second-order valence-corrected chi connectivity index (χ2v) is 4.13. The molecule has 2 rings (SSSR count). The van der Waals surface area contributed by atoms with Crippen LogP contribution in [-0.2, 0) is 0 Å². The minimum absolute atomic E-state index is 0.0297. The maximum absolute atomic E-state index is 8.89. The first-order valence-electron chi connectivity index (χ1n) is 4.05. The van der Waals surface area contributed by atoms with Gasteiger partial charge < -0.3 is 9.84 Å². The van der Waals surface area contributed by atoms with Crippen molar-refractivity contribution >= 4 is 28.7 Å². The Morgan fingerprint density at radius 3 is 3.08 bits per heavy atom. The van der Waals surface area contributed by atoms with Crippen molar-refractivity contribution in [1.29, 1.82) is 0 Å². The fourth-order valence-corrected chi connectivity index (χ4v) is 1.78. The fourth-order valence-electron chi connectivity index (χ4n) is 1.27. The lowest BCUT2D eigenvalue weighted by Crippen LogP contribution is -2.20. The lowest BCUT2D eigenvalue weighted by Gasteiger charge is -2.19. The third-order valence-electron chi connectivity index (χ3n) is 1.92. The first-order valence-corrected chi connectivity index (χ1v) is 5.13. The fraction of sp³-hybridized carbons (Fsp3) is 0.200. The molecule has 0 fully saturated rings. The van der Waals surface area contributed by atoms with Gasteiger partial charge in [0.05, 0.1) is 6.61 Å². The van der Waals surface area contributed by atoms with Gasteiger partial charge in [-0.3, -0.25) is 0 Å². The summed E-state index contributed by atoms with van der Waals surface area (Å²) >= 11 is 2.26. The van der Waals surface area contributed by atoms with Gasteiger partial charge in [-0.2, -0.15) is 0 Å². The molecule has 3 heteroatoms. The molecule has 0 aromatic heterocycles. The van der Waals surface area contributed by atoms with Crippen LogP contribution in [0, 0.1) is 3.57 Å². The molecule has 2 nitrogen and oxygen atoms in total. The third kappa shape index (κ3) is 1.86. The molecule has 0 saturated heterocycles. The van der Waals surface area contributed by atoms with Crippen LogP contribution in [0.1, 0.15) is 5.56 Å². The summed E-state index contributed by atoms with van der Waals surface area (Å²) in [5.41, 5.74) is 1.08. The van der Waals surface area contributed by atoms with E-state index >= 15 is 0 Å². The van der Waals surface area contributed by atoms with E-state index in [1.54, 1.807) is 0 Å². The van der Waals surface area contributed by atoms with Crippen LogP contribution >= 0.6 is 22.6 Å². The predicted molar refractivity (Wildman–Crippen MR) is 59.7 cm³/mol. The van der Waals surface area contributed by atoms with E-state index in [2.05, 4.69) is 28.7 Å². The zero-order chi connectivity index (χ0) is 9.26. The molecule has 0 spiro atoms. The summed E-state index contributed by atoms with van der Waals surface area (Å²) in [4.78, 5) is 0. The van der Waals surface area contributed by atoms with Gasteiger partial charge >= 0.3 is 0 Å². The number of aliphatic hydroxyl groups excluding tert-OH is 1. The number of hydrogen-bond acceptors (Lipinski definition) is 2. The Hall–Kier alpha value is -0.550. The Kier molecular flexibility index (Phi) is 2.55. The minimum Gasteiger partial charge on any atom is -0.483 e. The van der Waals surface area contributed by atoms with E-state index in [4.69, 9.17) is 9.84 Å². The summed E-state index contributed by atoms with van der Waals surface area (Å²) in [6, 6.07) is 5.98. The average molecular weight is 288 g/mol. The second kappa shape index (κ2) is 3.67. The van der Waals surface area contributed by atoms with E-state index in [1.807, 2.05) is 24.3 Å². The molecule has 0 radical (unpaired) electrons. The molecule has 1 aliphatic heterocycles. The molecular weight excluding hydrogens is 279 g/mol. The Morgan fingerprint density at radius 2 is 2.31 bits per heavy atom. The van der Waals surface area contributed by atoms with Crippen LogP contribution in [0.2, 0.25) is 0 Å². The standard InChI is InChI=1S/C10H9IO2/c11-8-2-4-10-7(5-8)1-3-9(6-12)13-10/h1-5,9,12H,6H2. The van der Waals surface area contributed by atoms with Crippen LogP contribution in [-0.4, -0.2) is 17.8 Å². The molecule has 1 N–H and O–H groups in total. The summed E-state index contributed by atoms with van der Waals surface area (Å²) in [7, 11) is 0. The Balaban J connectivity index is 2.35. The van der Waals surface area contributed by atoms with Gasteiger partial charge in [0.25, 0.3) is 0 Å². The summed E-state index contributed by atoms with van der Waals surface area (Å²) in [6.45, 7) is 0.0297. The van der Waals surface area contributed by atoms with Crippen LogP contribution in [0.4, 0.5) is 0 Å². The van der Waals surface area contributed by atoms with Crippen LogP contribution in [0.25, 0.3) is 6.08 Å². The van der Waals surface area contributed by atoms with Crippen molar-refractivity contribution in [3.05, 3.63) is 33.4 Å². The van der Waals surface area contributed by atoms with Crippen LogP contribution in [0.3, 0.4) is 0 Å². The number of halogens is 1. The van der Waals surface area contributed by atoms with E-state index in [-0.39, 0.29) is 12.7 Å². The third-order valence-corrected chi connectivity index (χ3v) is 2.59. The summed E-state index contributed by atoms with van der Waals surface area (Å²) in [5.74, 6) is 0.849. The van der Waals surface area contributed by atoms with Gasteiger partial charge in [0.15, 0.2) is 0 Å². The smallest absolute Gasteiger partial charge is 0.140 e. The Labute approximate surface area is 90.4 Å². The second-order valence-electron chi connectivity index (χ2n) is 2.88. The molecule has 0 bridgehead atoms. The van der Waals surface area contributed by atoms with Crippen molar-refractivity contribution in [3.8, 4) is 5.75 Å². The molecule has 0 amide bonds. The van der Waals surface area contributed by atoms with Gasteiger partial charge in [-0.15, -0.1) is 0 Å². The highest BCUT2D eigenvalue weighted by molar-refractivity contribution is 14.1. The quantitative estimate of drug-likeness (QED) is 0.802. The van der Waals surface area contributed by atoms with E-state index < -0.39 is 0 Å². The number of benzene rings is 1. The number of fused-ring (bicyclic) bond motifs is 1. The van der Waals surface area contributed by atoms with Crippen LogP contribution in [0.5, 0.6) is 5.75 Å². The van der Waals surface area contributed by atoms with Crippen molar-refractivity contribution in [2.24, 2.45) is 0 Å². The van der Waals surface area contributed by atoms with E-state index in [0.29, 0.717) is 0 Å². The van der Waals surface area contributed by atoms with E-state index in [9.17, 15) is 0 Å². The molecule has 1 aromatic carbocycles. The molecule has 68 valence electrons. The maximum atomic E-state index is 8.89. The summed E-state index contributed by atoms with van der Waals surface area (Å²) in [5, 5.41) is 8.89. The topological polar surface area (TPSA) is 29.5 Å². The molecule has 0 aliphatic carbocycles. The lowest BCUT2D eigenvalue weighted by atomic mass is 10.1. The molecular formula is C10H9IO2. The van der Waals surface area contributed by atoms with Crippen molar-refractivity contribution < 1.29 is 9.84 Å². The molecule has 1 aliphatic rings. The normalized spacial score (nSPS) is 19.4. The number of ether oxygens (including phenoxy) is 1. The van der Waals surface area contributed by atoms with Gasteiger partial charge in [0.1, 0.15) is 11.9 Å². The van der Waals surface area contributed by atoms with Gasteiger partial charge in [-0.1, -0.05) is 6.08 Å². The van der Waals surface area contributed by atoms with Gasteiger partial charge in [0, 0.05) is 9.13 Å². The molecule has 1 heterocycles. The Bertz CT molecular complexity index is 347. The monoisotopic (exact) mass is 288 g/mol. The number of aliphatic hydroxyl groups is 1. The average Bonchev–Trinajstić information content (AvgIpc) is 2.17. The van der Waals surface area contributed by atoms with Crippen LogP contribution < -0.4 is 4.74 Å². The van der Waals surface area contributed by atoms with Crippen molar-refractivity contribution in [1.82, 2.24) is 0 Å². The number of rotatable bonds is 1. The Morgan fingerprint density at radius 1 is 1.46 bits per heavy atom. The van der Waals surface area contributed by atoms with Crippen molar-refractivity contribution in [2.45, 2.75) is 6.10 Å². The van der Waals surface area contributed by atoms with Crippen LogP contribution in [0.15, 0.2) is 24.3 Å². The minimum atomic E-state index is -0.187. The number of hydrogen-bond donors (Lipinski definition) is 1. The molecule has 0 saturated carbocycles. The SMILES string of the molecule is OCC1C=Cc2cc(I)ccc2O1. The first kappa shape index (κ1) is 9.02. The molecule has 1 atom stereocenters. The van der Waals surface area contributed by atoms with Gasteiger partial charge in [0.2, 0.25) is 0 Å². The van der Waals surface area contributed by atoms with Gasteiger partial charge in [-0.05, 0) is 46.9 Å². The lowest BCUT2D eigenvalue weighted by molar-refractivity contribution is 0.148. The van der Waals surface area contributed by atoms with E-state index in [0.717, 1.165) is 11.3 Å². The molecule has 1 aromatic rings. The highest BCUT2D eigenvalue weighted by atomic mass is 127. The largest absolute Gasteiger partial charge is 0.483 e. The van der Waals surface area contributed by atoms with Crippen molar-refractivity contribution in [2.75, 3.05) is 6.61 Å².